The van der Waals surface area contributed by atoms with Gasteiger partial charge in [-0.15, -0.1) is 0 Å². The van der Waals surface area contributed by atoms with E-state index in [9.17, 15) is 14.4 Å². The van der Waals surface area contributed by atoms with Crippen LogP contribution < -0.4 is 16.6 Å². The monoisotopic (exact) mass is 351 g/mol. The number of nitrogens with one attached hydrogen (secondary N) is 2. The zero-order chi connectivity index (χ0) is 18.9. The van der Waals surface area contributed by atoms with Gasteiger partial charge in [-0.2, -0.15) is 0 Å². The molecule has 0 saturated heterocycles. The minimum absolute atomic E-state index is 0.0401. The third-order valence-corrected chi connectivity index (χ3v) is 3.02. The Morgan fingerprint density at radius 3 is 2.36 bits per heavy atom. The van der Waals surface area contributed by atoms with Gasteiger partial charge >= 0.3 is 12.1 Å². The molecule has 1 aromatic carbocycles. The number of carbonyl (C=O) groups is 3. The summed E-state index contributed by atoms with van der Waals surface area (Å²) in [6.07, 6.45) is -0.773. The van der Waals surface area contributed by atoms with E-state index in [-0.39, 0.29) is 19.4 Å². The highest BCUT2D eigenvalue weighted by molar-refractivity contribution is 5.83. The SMILES string of the molecule is CC(C)(C)OC(=O)[C@H](CCC(=O)NN)NC(=O)OCc1ccccc1. The molecule has 0 spiro atoms. The molecule has 1 rings (SSSR count). The van der Waals surface area contributed by atoms with Gasteiger partial charge in [-0.25, -0.2) is 15.4 Å². The van der Waals surface area contributed by atoms with Crippen LogP contribution in [0.5, 0.6) is 0 Å². The summed E-state index contributed by atoms with van der Waals surface area (Å²) < 4.78 is 10.3. The lowest BCUT2D eigenvalue weighted by molar-refractivity contribution is -0.157. The summed E-state index contributed by atoms with van der Waals surface area (Å²) in [6.45, 7) is 5.20. The third kappa shape index (κ3) is 8.71. The average molecular weight is 351 g/mol. The first kappa shape index (κ1) is 20.4. The van der Waals surface area contributed by atoms with Crippen molar-refractivity contribution < 1.29 is 23.9 Å². The molecule has 8 heteroatoms. The Balaban J connectivity index is 2.62. The van der Waals surface area contributed by atoms with Crippen LogP contribution in [0.4, 0.5) is 4.79 Å². The molecule has 0 fully saturated rings. The highest BCUT2D eigenvalue weighted by atomic mass is 16.6. The van der Waals surface area contributed by atoms with Crippen molar-refractivity contribution in [3.05, 3.63) is 35.9 Å². The zero-order valence-corrected chi connectivity index (χ0v) is 14.7. The van der Waals surface area contributed by atoms with E-state index in [1.54, 1.807) is 20.8 Å². The summed E-state index contributed by atoms with van der Waals surface area (Å²) in [6, 6.07) is 8.11. The van der Waals surface area contributed by atoms with Crippen molar-refractivity contribution in [2.75, 3.05) is 0 Å². The van der Waals surface area contributed by atoms with Crippen molar-refractivity contribution in [2.24, 2.45) is 5.84 Å². The van der Waals surface area contributed by atoms with E-state index in [4.69, 9.17) is 15.3 Å². The molecule has 0 saturated carbocycles. The van der Waals surface area contributed by atoms with Gasteiger partial charge in [-0.05, 0) is 32.8 Å². The Kier molecular flexibility index (Phi) is 7.87. The predicted molar refractivity (Wildman–Crippen MR) is 91.0 cm³/mol. The molecule has 0 bridgehead atoms. The van der Waals surface area contributed by atoms with Crippen molar-refractivity contribution in [3.8, 4) is 0 Å². The van der Waals surface area contributed by atoms with Gasteiger partial charge in [0.1, 0.15) is 18.2 Å². The van der Waals surface area contributed by atoms with Crippen LogP contribution in [0.15, 0.2) is 30.3 Å². The second-order valence-corrected chi connectivity index (χ2v) is 6.40. The summed E-state index contributed by atoms with van der Waals surface area (Å²) in [5.74, 6) is 3.93. The van der Waals surface area contributed by atoms with Gasteiger partial charge in [0.2, 0.25) is 5.91 Å². The first-order valence-corrected chi connectivity index (χ1v) is 7.91. The zero-order valence-electron chi connectivity index (χ0n) is 14.7. The Morgan fingerprint density at radius 2 is 1.80 bits per heavy atom. The second kappa shape index (κ2) is 9.63. The van der Waals surface area contributed by atoms with Crippen molar-refractivity contribution in [3.63, 3.8) is 0 Å². The summed E-state index contributed by atoms with van der Waals surface area (Å²) >= 11 is 0. The molecule has 1 aromatic rings. The minimum atomic E-state index is -1.01. The maximum Gasteiger partial charge on any atom is 0.408 e. The van der Waals surface area contributed by atoms with Crippen molar-refractivity contribution in [1.29, 1.82) is 0 Å². The number of hydrazine groups is 1. The molecule has 0 aliphatic carbocycles. The van der Waals surface area contributed by atoms with Gasteiger partial charge in [0, 0.05) is 6.42 Å². The van der Waals surface area contributed by atoms with Crippen LogP contribution in [0.2, 0.25) is 0 Å². The quantitative estimate of drug-likeness (QED) is 0.296. The van der Waals surface area contributed by atoms with E-state index in [0.717, 1.165) is 5.56 Å². The van der Waals surface area contributed by atoms with E-state index in [0.29, 0.717) is 0 Å². The lowest BCUT2D eigenvalue weighted by atomic mass is 10.1. The number of nitrogens with two attached hydrogens (primary N) is 1. The number of carbonyl (C=O) groups excluding carboxylic acids is 3. The van der Waals surface area contributed by atoms with Crippen molar-refractivity contribution in [2.45, 2.75) is 51.9 Å². The van der Waals surface area contributed by atoms with Gasteiger partial charge in [0.05, 0.1) is 0 Å². The highest BCUT2D eigenvalue weighted by Crippen LogP contribution is 2.11. The molecule has 8 nitrogen and oxygen atoms in total. The summed E-state index contributed by atoms with van der Waals surface area (Å²) in [5.41, 5.74) is 2.07. The molecule has 0 radical (unpaired) electrons. The summed E-state index contributed by atoms with van der Waals surface area (Å²) in [5, 5.41) is 2.43. The Hall–Kier alpha value is -2.61. The molecule has 138 valence electrons. The van der Waals surface area contributed by atoms with Crippen LogP contribution in [-0.4, -0.2) is 29.6 Å². The second-order valence-electron chi connectivity index (χ2n) is 6.40. The van der Waals surface area contributed by atoms with Crippen molar-refractivity contribution in [1.82, 2.24) is 10.7 Å². The Labute approximate surface area is 147 Å². The predicted octanol–water partition coefficient (Wildman–Crippen LogP) is 1.39. The van der Waals surface area contributed by atoms with E-state index >= 15 is 0 Å². The fourth-order valence-corrected chi connectivity index (χ4v) is 1.88. The number of hydrogen-bond donors (Lipinski definition) is 3. The lowest BCUT2D eigenvalue weighted by Crippen LogP contribution is -2.45. The first-order chi connectivity index (χ1) is 11.7. The number of esters is 1. The Bertz CT molecular complexity index is 584. The van der Waals surface area contributed by atoms with Crippen LogP contribution >= 0.6 is 0 Å². The Morgan fingerprint density at radius 1 is 1.16 bits per heavy atom. The van der Waals surface area contributed by atoms with Gasteiger partial charge in [0.25, 0.3) is 0 Å². The molecule has 25 heavy (non-hydrogen) atoms. The fraction of sp³-hybridized carbons (Fsp3) is 0.471. The van der Waals surface area contributed by atoms with Crippen LogP contribution in [0.3, 0.4) is 0 Å². The number of alkyl carbamates (subject to hydrolysis) is 1. The molecule has 0 aliphatic heterocycles. The standard InChI is InChI=1S/C17H25N3O5/c1-17(2,3)25-15(22)13(9-10-14(21)20-18)19-16(23)24-11-12-7-5-4-6-8-12/h4-8,13H,9-11,18H2,1-3H3,(H,19,23)(H,20,21)/t13-/m0/s1. The smallest absolute Gasteiger partial charge is 0.408 e. The molecular weight excluding hydrogens is 326 g/mol. The number of benzene rings is 1. The minimum Gasteiger partial charge on any atom is -0.458 e. The number of ether oxygens (including phenoxy) is 2. The number of rotatable bonds is 7. The van der Waals surface area contributed by atoms with E-state index in [1.807, 2.05) is 35.8 Å². The maximum absolute atomic E-state index is 12.2. The van der Waals surface area contributed by atoms with Gasteiger partial charge < -0.3 is 14.8 Å². The van der Waals surface area contributed by atoms with Gasteiger partial charge in [-0.1, -0.05) is 30.3 Å². The maximum atomic E-state index is 12.2. The van der Waals surface area contributed by atoms with Gasteiger partial charge in [-0.3, -0.25) is 10.2 Å². The van der Waals surface area contributed by atoms with Crippen LogP contribution in [-0.2, 0) is 25.7 Å². The van der Waals surface area contributed by atoms with Crippen LogP contribution in [0.25, 0.3) is 0 Å². The fourth-order valence-electron chi connectivity index (χ4n) is 1.88. The molecule has 4 N–H and O–H groups in total. The number of amides is 2. The lowest BCUT2D eigenvalue weighted by Gasteiger charge is -2.24. The first-order valence-electron chi connectivity index (χ1n) is 7.91. The normalized spacial score (nSPS) is 12.0. The average Bonchev–Trinajstić information content (AvgIpc) is 2.55. The largest absolute Gasteiger partial charge is 0.458 e. The molecule has 0 aromatic heterocycles. The van der Waals surface area contributed by atoms with E-state index < -0.39 is 29.6 Å². The molecule has 0 heterocycles. The molecule has 0 unspecified atom stereocenters. The van der Waals surface area contributed by atoms with Crippen LogP contribution in [0, 0.1) is 0 Å². The van der Waals surface area contributed by atoms with Crippen molar-refractivity contribution >= 4 is 18.0 Å². The summed E-state index contributed by atoms with van der Waals surface area (Å²) in [4.78, 5) is 35.4. The molecule has 2 amide bonds. The van der Waals surface area contributed by atoms with E-state index in [2.05, 4.69) is 5.32 Å². The molecular formula is C17H25N3O5. The summed E-state index contributed by atoms with van der Waals surface area (Å²) in [7, 11) is 0. The topological polar surface area (TPSA) is 120 Å². The highest BCUT2D eigenvalue weighted by Gasteiger charge is 2.27. The molecule has 0 aliphatic rings. The van der Waals surface area contributed by atoms with E-state index in [1.165, 1.54) is 0 Å². The van der Waals surface area contributed by atoms with Gasteiger partial charge in [0.15, 0.2) is 0 Å². The third-order valence-electron chi connectivity index (χ3n) is 3.02. The van der Waals surface area contributed by atoms with Crippen LogP contribution in [0.1, 0.15) is 39.2 Å². The molecule has 1 atom stereocenters. The number of hydrogen-bond acceptors (Lipinski definition) is 6.